The molecule has 0 aliphatic heterocycles. The van der Waals surface area contributed by atoms with Gasteiger partial charge in [-0.3, -0.25) is 39.6 Å². The molecule has 16 aromatic rings. The second kappa shape index (κ2) is 30.4. The number of carbonyl (C=O) groups is 4. The number of imidazole rings is 4. The zero-order chi connectivity index (χ0) is 74.4. The topological polar surface area (TPSA) is 364 Å². The Kier molecular flexibility index (Phi) is 20.3. The zero-order valence-electron chi connectivity index (χ0n) is 55.8. The molecule has 0 bridgehead atoms. The molecule has 532 valence electrons. The summed E-state index contributed by atoms with van der Waals surface area (Å²) >= 11 is 12.0. The van der Waals surface area contributed by atoms with Crippen molar-refractivity contribution >= 4 is 114 Å². The molecule has 106 heavy (non-hydrogen) atoms. The molecule has 8 heterocycles. The maximum absolute atomic E-state index is 13.8. The molecule has 0 aliphatic carbocycles. The number of fused-ring (bicyclic) bond motifs is 4. The number of methoxy groups -OCH3 is 2. The van der Waals surface area contributed by atoms with Gasteiger partial charge in [0.15, 0.2) is 23.3 Å². The fourth-order valence-corrected chi connectivity index (χ4v) is 11.5. The van der Waals surface area contributed by atoms with Crippen molar-refractivity contribution < 1.29 is 50.6 Å². The normalized spacial score (nSPS) is 11.0. The number of aromatic nitrogens is 16. The summed E-state index contributed by atoms with van der Waals surface area (Å²) in [6, 6.07) is 38.4. The molecule has 0 spiro atoms. The van der Waals surface area contributed by atoms with Crippen LogP contribution in [0.2, 0.25) is 10.0 Å². The summed E-state index contributed by atoms with van der Waals surface area (Å²) < 4.78 is 79.5. The quantitative estimate of drug-likeness (QED) is 0.0450. The lowest BCUT2D eigenvalue weighted by Gasteiger charge is -2.09. The number of benzene rings is 8. The van der Waals surface area contributed by atoms with Crippen molar-refractivity contribution in [1.82, 2.24) is 80.7 Å². The number of carbonyl (C=O) groups excluding carboxylic acids is 4. The van der Waals surface area contributed by atoms with E-state index in [-0.39, 0.29) is 28.9 Å². The fourth-order valence-electron chi connectivity index (χ4n) is 11.1. The number of hydrogen-bond acceptors (Lipinski definition) is 14. The average Bonchev–Trinajstić information content (AvgIpc) is 1.65. The number of nitrogens with zero attached hydrogens (tertiary/aromatic N) is 8. The second-order valence-electron chi connectivity index (χ2n) is 23.3. The lowest BCUT2D eigenvalue weighted by molar-refractivity contribution is 0.101. The minimum atomic E-state index is -0.979. The summed E-state index contributed by atoms with van der Waals surface area (Å²) in [7, 11) is 3.03. The molecule has 26 nitrogen and oxygen atoms in total. The van der Waals surface area contributed by atoms with Crippen LogP contribution in [0.5, 0.6) is 11.5 Å². The average molecular weight is 1470 g/mol. The van der Waals surface area contributed by atoms with E-state index in [2.05, 4.69) is 102 Å². The van der Waals surface area contributed by atoms with Crippen LogP contribution in [0.15, 0.2) is 170 Å². The monoisotopic (exact) mass is 1470 g/mol. The summed E-state index contributed by atoms with van der Waals surface area (Å²) in [4.78, 5) is 80.4. The molecule has 0 unspecified atom stereocenters. The molecule has 0 saturated heterocycles. The van der Waals surface area contributed by atoms with Gasteiger partial charge in [-0.1, -0.05) is 65.7 Å². The number of nitrogens with one attached hydrogen (secondary N) is 12. The first-order chi connectivity index (χ1) is 51.2. The number of amides is 4. The molecule has 8 aromatic heterocycles. The molecule has 0 radical (unpaired) electrons. The van der Waals surface area contributed by atoms with E-state index in [0.29, 0.717) is 112 Å². The van der Waals surface area contributed by atoms with Crippen LogP contribution in [0.3, 0.4) is 0 Å². The van der Waals surface area contributed by atoms with Gasteiger partial charge in [0.2, 0.25) is 0 Å². The largest absolute Gasteiger partial charge is 0.496 e. The van der Waals surface area contributed by atoms with E-state index >= 15 is 0 Å². The maximum atomic E-state index is 13.8. The van der Waals surface area contributed by atoms with E-state index in [4.69, 9.17) is 32.7 Å². The Morgan fingerprint density at radius 1 is 0.387 bits per heavy atom. The fraction of sp³-hybridized carbons (Fsp3) is 0.0685. The Balaban J connectivity index is 0.000000125. The summed E-state index contributed by atoms with van der Waals surface area (Å²) in [6.45, 7) is 5.41. The number of hydrogen-bond donors (Lipinski definition) is 12. The van der Waals surface area contributed by atoms with Crippen molar-refractivity contribution in [2.45, 2.75) is 20.8 Å². The smallest absolute Gasteiger partial charge is 0.261 e. The van der Waals surface area contributed by atoms with Gasteiger partial charge in [-0.05, 0) is 135 Å². The van der Waals surface area contributed by atoms with Crippen LogP contribution >= 0.6 is 23.2 Å². The number of anilines is 4. The van der Waals surface area contributed by atoms with E-state index in [0.717, 1.165) is 57.5 Å². The number of para-hydroxylation sites is 4. The molecule has 0 fully saturated rings. The summed E-state index contributed by atoms with van der Waals surface area (Å²) in [6.07, 6.45) is 5.70. The SMILES string of the molecule is COc1cc(C)ccc1C(=O)Nc1cn[nH]c1-c1nc2ccccc2[nH]1.COc1cc(Cl)ccc1C(=O)Nc1cn[nH]c1-c1nc2ccccc2[nH]1.Cc1c(F)ccc2[nH]c(-c3[nH]ncc3NC(=O)c3c(F)cccc3F)nc12.Cc1cc(Cl)cc2[nH]c(-c3[nH]ncc3NC(=O)c3c(F)cccc3F)nc12. The van der Waals surface area contributed by atoms with Crippen molar-refractivity contribution in [3.05, 3.63) is 248 Å². The Bertz CT molecular complexity index is 5630. The van der Waals surface area contributed by atoms with Gasteiger partial charge in [-0.25, -0.2) is 41.9 Å². The lowest BCUT2D eigenvalue weighted by atomic mass is 10.1. The van der Waals surface area contributed by atoms with Crippen molar-refractivity contribution in [3.63, 3.8) is 0 Å². The van der Waals surface area contributed by atoms with Crippen molar-refractivity contribution in [2.75, 3.05) is 35.5 Å². The predicted octanol–water partition coefficient (Wildman–Crippen LogP) is 15.8. The summed E-state index contributed by atoms with van der Waals surface area (Å²) in [5.74, 6) is -3.96. The highest BCUT2D eigenvalue weighted by Gasteiger charge is 2.25. The molecular weight excluding hydrogens is 1420 g/mol. The zero-order valence-corrected chi connectivity index (χ0v) is 57.4. The van der Waals surface area contributed by atoms with Crippen molar-refractivity contribution in [3.8, 4) is 57.6 Å². The van der Waals surface area contributed by atoms with Crippen LogP contribution in [-0.4, -0.2) is 119 Å². The molecule has 8 aromatic carbocycles. The van der Waals surface area contributed by atoms with Crippen LogP contribution in [0.4, 0.5) is 44.7 Å². The van der Waals surface area contributed by atoms with Gasteiger partial charge in [-0.2, -0.15) is 20.4 Å². The highest BCUT2D eigenvalue weighted by atomic mass is 35.5. The third-order valence-corrected chi connectivity index (χ3v) is 16.7. The van der Waals surface area contributed by atoms with Gasteiger partial charge in [0.05, 0.1) is 117 Å². The van der Waals surface area contributed by atoms with Crippen LogP contribution in [-0.2, 0) is 0 Å². The molecule has 16 rings (SSSR count). The van der Waals surface area contributed by atoms with E-state index < -0.39 is 52.0 Å². The summed E-state index contributed by atoms with van der Waals surface area (Å²) in [5.41, 5.74) is 10.9. The van der Waals surface area contributed by atoms with Gasteiger partial charge in [0.25, 0.3) is 23.6 Å². The minimum absolute atomic E-state index is 0.167. The Morgan fingerprint density at radius 2 is 0.792 bits per heavy atom. The van der Waals surface area contributed by atoms with Crippen molar-refractivity contribution in [1.29, 1.82) is 0 Å². The standard InChI is InChI=1S/C19H17N5O2.C18H12ClF2N5O.C18H14ClN5O2.C18H12F3N5O/c1-11-7-8-12(16(9-11)26-2)19(25)23-15-10-20-24-17(15)18-21-13-5-3-4-6-14(13)22-18;1-8-5-9(19)6-12-15(8)25-17(23-12)16-13(7-22-26-16)24-18(27)14-10(20)3-2-4-11(14)21;1-26-15-8-10(19)6-7-11(15)18(25)23-14-9-20-24-16(14)17-21-12-4-2-3-5-13(12)22-17;1-8-9(19)5-6-12-15(8)25-17(23-12)16-13(7-22-26-16)24-18(27)14-10(20)3-2-4-11(14)21/h3-10H,1-2H3,(H,20,24)(H,21,22)(H,23,25);2-7H,1H3,(H,22,26)(H,23,25)(H,24,27);2-9H,1H3,(H,20,24)(H,21,22)(H,23,25);2-7H,1H3,(H,22,26)(H,23,25)(H,24,27). The number of aromatic amines is 8. The van der Waals surface area contributed by atoms with Gasteiger partial charge >= 0.3 is 0 Å². The lowest BCUT2D eigenvalue weighted by Crippen LogP contribution is -2.16. The predicted molar refractivity (Wildman–Crippen MR) is 389 cm³/mol. The molecule has 0 saturated carbocycles. The molecule has 12 N–H and O–H groups in total. The van der Waals surface area contributed by atoms with Crippen molar-refractivity contribution in [2.24, 2.45) is 0 Å². The first kappa shape index (κ1) is 70.6. The Labute approximate surface area is 604 Å². The first-order valence-electron chi connectivity index (χ1n) is 31.7. The summed E-state index contributed by atoms with van der Waals surface area (Å²) in [5, 5.41) is 38.5. The highest BCUT2D eigenvalue weighted by Crippen LogP contribution is 2.34. The van der Waals surface area contributed by atoms with Crippen LogP contribution in [0.1, 0.15) is 58.1 Å². The number of halogens is 7. The van der Waals surface area contributed by atoms with Gasteiger partial charge < -0.3 is 50.7 Å². The number of ether oxygens (including phenoxy) is 2. The van der Waals surface area contributed by atoms with Crippen LogP contribution in [0, 0.1) is 49.9 Å². The highest BCUT2D eigenvalue weighted by molar-refractivity contribution is 6.31. The Morgan fingerprint density at radius 3 is 1.25 bits per heavy atom. The van der Waals surface area contributed by atoms with E-state index in [9.17, 15) is 41.1 Å². The van der Waals surface area contributed by atoms with Crippen LogP contribution in [0.25, 0.3) is 90.2 Å². The third kappa shape index (κ3) is 14.9. The molecule has 0 atom stereocenters. The first-order valence-corrected chi connectivity index (χ1v) is 32.4. The Hall–Kier alpha value is -13.8. The molecular formula is C73H55Cl2F5N20O6. The number of H-pyrrole nitrogens is 8. The molecule has 0 aliphatic rings. The second-order valence-corrected chi connectivity index (χ2v) is 24.1. The van der Waals surface area contributed by atoms with Gasteiger partial charge in [-0.15, -0.1) is 0 Å². The molecule has 4 amide bonds. The third-order valence-electron chi connectivity index (χ3n) is 16.2. The van der Waals surface area contributed by atoms with Gasteiger partial charge in [0.1, 0.15) is 74.5 Å². The van der Waals surface area contributed by atoms with Crippen LogP contribution < -0.4 is 30.7 Å². The van der Waals surface area contributed by atoms with E-state index in [1.165, 1.54) is 50.0 Å². The number of rotatable bonds is 14. The number of aryl methyl sites for hydroxylation is 3. The van der Waals surface area contributed by atoms with E-state index in [1.807, 2.05) is 74.5 Å². The molecule has 33 heteroatoms. The van der Waals surface area contributed by atoms with Gasteiger partial charge in [0, 0.05) is 15.6 Å². The van der Waals surface area contributed by atoms with E-state index in [1.54, 1.807) is 56.6 Å². The maximum Gasteiger partial charge on any atom is 0.261 e. The minimum Gasteiger partial charge on any atom is -0.496 e.